The van der Waals surface area contributed by atoms with Crippen LogP contribution >= 0.6 is 23.2 Å². The number of hydrogen-bond acceptors (Lipinski definition) is 3. The molecule has 0 aliphatic rings. The fourth-order valence-corrected chi connectivity index (χ4v) is 1.62. The first kappa shape index (κ1) is 12.0. The molecule has 0 radical (unpaired) electrons. The first-order valence-electron chi connectivity index (χ1n) is 4.87. The molecule has 17 heavy (non-hydrogen) atoms. The molecule has 0 bridgehead atoms. The maximum atomic E-state index is 5.89. The number of hydrogen-bond donors (Lipinski definition) is 1. The topological polar surface area (TPSA) is 56.2 Å². The van der Waals surface area contributed by atoms with Crippen molar-refractivity contribution in [2.75, 3.05) is 5.73 Å². The van der Waals surface area contributed by atoms with Crippen LogP contribution in [0.5, 0.6) is 0 Å². The van der Waals surface area contributed by atoms with E-state index in [1.54, 1.807) is 24.5 Å². The Morgan fingerprint density at radius 3 is 2.71 bits per heavy atom. The second kappa shape index (κ2) is 4.77. The number of nitrogens with two attached hydrogens (primary N) is 1. The number of benzene rings is 1. The van der Waals surface area contributed by atoms with Crippen LogP contribution in [0.15, 0.2) is 29.5 Å². The molecule has 0 aliphatic heterocycles. The Balaban J connectivity index is 2.26. The molecular formula is C11H10Cl2N4. The Labute approximate surface area is 109 Å². The minimum atomic E-state index is 0.346. The second-order valence-electron chi connectivity index (χ2n) is 3.50. The normalized spacial score (nSPS) is 11.2. The van der Waals surface area contributed by atoms with E-state index in [2.05, 4.69) is 10.1 Å². The zero-order chi connectivity index (χ0) is 12.4. The lowest BCUT2D eigenvalue weighted by molar-refractivity contribution is 0.897. The molecule has 0 fully saturated rings. The molecule has 0 saturated carbocycles. The molecule has 2 rings (SSSR count). The third kappa shape index (κ3) is 2.78. The zero-order valence-corrected chi connectivity index (χ0v) is 10.6. The van der Waals surface area contributed by atoms with Crippen molar-refractivity contribution in [1.29, 1.82) is 0 Å². The highest BCUT2D eigenvalue weighted by molar-refractivity contribution is 6.42. The third-order valence-corrected chi connectivity index (χ3v) is 2.85. The summed E-state index contributed by atoms with van der Waals surface area (Å²) in [6, 6.07) is 5.26. The third-order valence-electron chi connectivity index (χ3n) is 2.11. The Morgan fingerprint density at radius 2 is 2.12 bits per heavy atom. The van der Waals surface area contributed by atoms with E-state index in [4.69, 9.17) is 28.9 Å². The van der Waals surface area contributed by atoms with E-state index >= 15 is 0 Å². The largest absolute Gasteiger partial charge is 0.368 e. The standard InChI is InChI=1S/C11H10Cl2N4/c1-7-6-17(11(14)16-7)15-5-8-2-3-9(12)10(13)4-8/h2-6H,1H3,(H2,14,16). The van der Waals surface area contributed by atoms with Crippen molar-refractivity contribution < 1.29 is 0 Å². The number of aromatic nitrogens is 2. The maximum Gasteiger partial charge on any atom is 0.221 e. The van der Waals surface area contributed by atoms with Crippen LogP contribution in [0, 0.1) is 6.92 Å². The number of nitrogens with zero attached hydrogens (tertiary/aromatic N) is 3. The van der Waals surface area contributed by atoms with Crippen molar-refractivity contribution in [2.24, 2.45) is 5.10 Å². The van der Waals surface area contributed by atoms with Crippen molar-refractivity contribution >= 4 is 35.4 Å². The van der Waals surface area contributed by atoms with Crippen LogP contribution in [0.25, 0.3) is 0 Å². The Morgan fingerprint density at radius 1 is 1.35 bits per heavy atom. The number of rotatable bonds is 2. The van der Waals surface area contributed by atoms with E-state index in [0.29, 0.717) is 16.0 Å². The van der Waals surface area contributed by atoms with Crippen LogP contribution in [-0.2, 0) is 0 Å². The van der Waals surface area contributed by atoms with Gasteiger partial charge >= 0.3 is 0 Å². The molecule has 1 heterocycles. The SMILES string of the molecule is Cc1cn(N=Cc2ccc(Cl)c(Cl)c2)c(N)n1. The lowest BCUT2D eigenvalue weighted by Crippen LogP contribution is -1.96. The quantitative estimate of drug-likeness (QED) is 0.852. The van der Waals surface area contributed by atoms with Gasteiger partial charge in [-0.15, -0.1) is 0 Å². The first-order chi connectivity index (χ1) is 8.06. The first-order valence-corrected chi connectivity index (χ1v) is 5.63. The van der Waals surface area contributed by atoms with Gasteiger partial charge in [-0.3, -0.25) is 0 Å². The van der Waals surface area contributed by atoms with Gasteiger partial charge in [0.1, 0.15) is 0 Å². The van der Waals surface area contributed by atoms with Crippen molar-refractivity contribution in [3.63, 3.8) is 0 Å². The van der Waals surface area contributed by atoms with Crippen molar-refractivity contribution in [2.45, 2.75) is 6.92 Å². The summed E-state index contributed by atoms with van der Waals surface area (Å²) in [6.45, 7) is 1.85. The molecule has 88 valence electrons. The molecule has 0 unspecified atom stereocenters. The molecule has 4 nitrogen and oxygen atoms in total. The summed E-state index contributed by atoms with van der Waals surface area (Å²) in [6.07, 6.45) is 3.38. The molecule has 0 saturated heterocycles. The van der Waals surface area contributed by atoms with Crippen LogP contribution in [0.1, 0.15) is 11.3 Å². The summed E-state index contributed by atoms with van der Waals surface area (Å²) in [4.78, 5) is 4.03. The predicted octanol–water partition coefficient (Wildman–Crippen LogP) is 2.96. The molecule has 1 aromatic carbocycles. The van der Waals surface area contributed by atoms with E-state index in [1.165, 1.54) is 4.68 Å². The van der Waals surface area contributed by atoms with Crippen LogP contribution in [0.4, 0.5) is 5.95 Å². The van der Waals surface area contributed by atoms with Crippen molar-refractivity contribution in [3.8, 4) is 0 Å². The van der Waals surface area contributed by atoms with Gasteiger partial charge in [0.25, 0.3) is 0 Å². The van der Waals surface area contributed by atoms with E-state index in [0.717, 1.165) is 11.3 Å². The highest BCUT2D eigenvalue weighted by atomic mass is 35.5. The van der Waals surface area contributed by atoms with Gasteiger partial charge in [-0.2, -0.15) is 5.10 Å². The number of aryl methyl sites for hydroxylation is 1. The molecule has 0 aliphatic carbocycles. The summed E-state index contributed by atoms with van der Waals surface area (Å²) in [7, 11) is 0. The molecule has 6 heteroatoms. The highest BCUT2D eigenvalue weighted by Crippen LogP contribution is 2.21. The van der Waals surface area contributed by atoms with Crippen molar-refractivity contribution in [3.05, 3.63) is 45.7 Å². The average Bonchev–Trinajstić information content (AvgIpc) is 2.59. The fraction of sp³-hybridized carbons (Fsp3) is 0.0909. The number of halogens is 2. The second-order valence-corrected chi connectivity index (χ2v) is 4.32. The smallest absolute Gasteiger partial charge is 0.221 e. The van der Waals surface area contributed by atoms with Crippen LogP contribution in [-0.4, -0.2) is 15.9 Å². The van der Waals surface area contributed by atoms with Gasteiger partial charge in [-0.1, -0.05) is 29.3 Å². The predicted molar refractivity (Wildman–Crippen MR) is 70.8 cm³/mol. The van der Waals surface area contributed by atoms with Gasteiger partial charge in [0.05, 0.1) is 28.2 Å². The van der Waals surface area contributed by atoms with E-state index in [9.17, 15) is 0 Å². The van der Waals surface area contributed by atoms with Crippen LogP contribution < -0.4 is 5.73 Å². The van der Waals surface area contributed by atoms with Crippen LogP contribution in [0.2, 0.25) is 10.0 Å². The number of imidazole rings is 1. The minimum Gasteiger partial charge on any atom is -0.368 e. The van der Waals surface area contributed by atoms with Crippen molar-refractivity contribution in [1.82, 2.24) is 9.66 Å². The molecule has 0 spiro atoms. The monoisotopic (exact) mass is 268 g/mol. The summed E-state index contributed by atoms with van der Waals surface area (Å²) < 4.78 is 1.50. The fourth-order valence-electron chi connectivity index (χ4n) is 1.32. The zero-order valence-electron chi connectivity index (χ0n) is 9.06. The minimum absolute atomic E-state index is 0.346. The van der Waals surface area contributed by atoms with E-state index in [-0.39, 0.29) is 0 Å². The Kier molecular flexibility index (Phi) is 3.36. The summed E-state index contributed by atoms with van der Waals surface area (Å²) in [5.41, 5.74) is 7.30. The van der Waals surface area contributed by atoms with Gasteiger partial charge in [-0.25, -0.2) is 9.66 Å². The number of anilines is 1. The summed E-state index contributed by atoms with van der Waals surface area (Å²) >= 11 is 11.7. The van der Waals surface area contributed by atoms with E-state index in [1.807, 2.05) is 13.0 Å². The van der Waals surface area contributed by atoms with Gasteiger partial charge in [0, 0.05) is 0 Å². The lowest BCUT2D eigenvalue weighted by atomic mass is 10.2. The maximum absolute atomic E-state index is 5.89. The molecule has 2 aromatic rings. The molecule has 0 amide bonds. The summed E-state index contributed by atoms with van der Waals surface area (Å²) in [5.74, 6) is 0.346. The molecular weight excluding hydrogens is 259 g/mol. The average molecular weight is 269 g/mol. The Bertz CT molecular complexity index is 575. The van der Waals surface area contributed by atoms with E-state index < -0.39 is 0 Å². The molecule has 1 aromatic heterocycles. The van der Waals surface area contributed by atoms with Gasteiger partial charge in [-0.05, 0) is 24.6 Å². The molecule has 0 atom stereocenters. The lowest BCUT2D eigenvalue weighted by Gasteiger charge is -1.98. The highest BCUT2D eigenvalue weighted by Gasteiger charge is 2.00. The van der Waals surface area contributed by atoms with Gasteiger partial charge < -0.3 is 5.73 Å². The summed E-state index contributed by atoms with van der Waals surface area (Å²) in [5, 5.41) is 5.18. The number of nitrogen functional groups attached to an aromatic ring is 1. The van der Waals surface area contributed by atoms with Gasteiger partial charge in [0.15, 0.2) is 0 Å². The van der Waals surface area contributed by atoms with Gasteiger partial charge in [0.2, 0.25) is 5.95 Å². The Hall–Kier alpha value is -1.52. The molecule has 2 N–H and O–H groups in total. The van der Waals surface area contributed by atoms with Crippen LogP contribution in [0.3, 0.4) is 0 Å².